The molecule has 1 aromatic carbocycles. The van der Waals surface area contributed by atoms with E-state index in [4.69, 9.17) is 0 Å². The maximum atomic E-state index is 11.3. The molecule has 112 valence electrons. The lowest BCUT2D eigenvalue weighted by Crippen LogP contribution is -2.19. The van der Waals surface area contributed by atoms with Crippen LogP contribution in [-0.2, 0) is 4.74 Å². The zero-order chi connectivity index (χ0) is 15.2. The number of carbonyl (C=O) groups excluding carboxylic acids is 1. The third-order valence-electron chi connectivity index (χ3n) is 3.22. The lowest BCUT2D eigenvalue weighted by Gasteiger charge is -2.13. The Balaban J connectivity index is 2.11. The predicted octanol–water partition coefficient (Wildman–Crippen LogP) is 2.11. The number of aromatic nitrogens is 3. The molecular weight excluding hydrogens is 268 g/mol. The minimum Gasteiger partial charge on any atom is -0.463 e. The first-order chi connectivity index (χ1) is 10.2. The van der Waals surface area contributed by atoms with Gasteiger partial charge in [-0.2, -0.15) is 0 Å². The summed E-state index contributed by atoms with van der Waals surface area (Å²) in [6, 6.07) is 8.30. The van der Waals surface area contributed by atoms with E-state index >= 15 is 0 Å². The van der Waals surface area contributed by atoms with Crippen LogP contribution in [-0.4, -0.2) is 34.4 Å². The van der Waals surface area contributed by atoms with Gasteiger partial charge in [0.1, 0.15) is 6.33 Å². The number of hydrogen-bond acceptors (Lipinski definition) is 5. The predicted molar refractivity (Wildman–Crippen MR) is 79.4 cm³/mol. The van der Waals surface area contributed by atoms with Crippen molar-refractivity contribution in [3.63, 3.8) is 0 Å². The van der Waals surface area contributed by atoms with Gasteiger partial charge in [-0.05, 0) is 37.6 Å². The highest BCUT2D eigenvalue weighted by Gasteiger charge is 2.12. The summed E-state index contributed by atoms with van der Waals surface area (Å²) in [6.07, 6.45) is 2.61. The number of hydrogen-bond donors (Lipinski definition) is 1. The number of carbonyl (C=O) groups is 1. The average Bonchev–Trinajstić information content (AvgIpc) is 3.02. The molecule has 0 spiro atoms. The molecule has 2 rings (SSSR count). The summed E-state index contributed by atoms with van der Waals surface area (Å²) in [5.74, 6) is -0.484. The Labute approximate surface area is 124 Å². The van der Waals surface area contributed by atoms with Crippen molar-refractivity contribution in [3.8, 4) is 5.69 Å². The molecule has 0 aliphatic carbocycles. The number of nitrogens with zero attached hydrogens (tertiary/aromatic N) is 3. The fraction of sp³-hybridized carbons (Fsp3) is 0.400. The van der Waals surface area contributed by atoms with Crippen molar-refractivity contribution in [3.05, 3.63) is 42.0 Å². The van der Waals surface area contributed by atoms with Crippen molar-refractivity contribution >= 4 is 5.97 Å². The quantitative estimate of drug-likeness (QED) is 0.824. The van der Waals surface area contributed by atoms with E-state index in [2.05, 4.69) is 34.0 Å². The third kappa shape index (κ3) is 3.66. The highest BCUT2D eigenvalue weighted by molar-refractivity contribution is 5.84. The largest absolute Gasteiger partial charge is 0.463 e. The van der Waals surface area contributed by atoms with Gasteiger partial charge in [0, 0.05) is 6.04 Å². The fourth-order valence-corrected chi connectivity index (χ4v) is 1.97. The van der Waals surface area contributed by atoms with Crippen LogP contribution in [0.2, 0.25) is 0 Å². The summed E-state index contributed by atoms with van der Waals surface area (Å²) < 4.78 is 6.14. The molecule has 6 heteroatoms. The first kappa shape index (κ1) is 15.2. The summed E-state index contributed by atoms with van der Waals surface area (Å²) in [5, 5.41) is 7.53. The smallest absolute Gasteiger partial charge is 0.377 e. The molecule has 2 aromatic rings. The molecule has 0 bridgehead atoms. The molecule has 0 fully saturated rings. The van der Waals surface area contributed by atoms with Gasteiger partial charge < -0.3 is 10.1 Å². The van der Waals surface area contributed by atoms with Crippen LogP contribution >= 0.6 is 0 Å². The van der Waals surface area contributed by atoms with Gasteiger partial charge in [-0.3, -0.25) is 0 Å². The molecule has 0 radical (unpaired) electrons. The molecule has 1 atom stereocenters. The number of nitrogens with one attached hydrogen (secondary N) is 1. The molecule has 1 unspecified atom stereocenters. The number of ether oxygens (including phenoxy) is 1. The number of esters is 1. The number of rotatable bonds is 6. The second kappa shape index (κ2) is 6.99. The Morgan fingerprint density at radius 2 is 2.10 bits per heavy atom. The van der Waals surface area contributed by atoms with Gasteiger partial charge in [-0.15, -0.1) is 5.10 Å². The number of benzene rings is 1. The van der Waals surface area contributed by atoms with Gasteiger partial charge >= 0.3 is 5.97 Å². The highest BCUT2D eigenvalue weighted by Crippen LogP contribution is 2.15. The van der Waals surface area contributed by atoms with Gasteiger partial charge in [-0.25, -0.2) is 14.5 Å². The summed E-state index contributed by atoms with van der Waals surface area (Å²) in [6.45, 7) is 5.27. The first-order valence-electron chi connectivity index (χ1n) is 6.99. The summed E-state index contributed by atoms with van der Waals surface area (Å²) >= 11 is 0. The summed E-state index contributed by atoms with van der Waals surface area (Å²) in [4.78, 5) is 15.3. The van der Waals surface area contributed by atoms with E-state index in [0.717, 1.165) is 18.7 Å². The van der Waals surface area contributed by atoms with Crippen LogP contribution in [0.5, 0.6) is 0 Å². The van der Waals surface area contributed by atoms with E-state index in [0.29, 0.717) is 6.04 Å². The maximum absolute atomic E-state index is 11.3. The Morgan fingerprint density at radius 3 is 2.71 bits per heavy atom. The van der Waals surface area contributed by atoms with Crippen molar-refractivity contribution in [1.29, 1.82) is 0 Å². The minimum absolute atomic E-state index is 0.0551. The molecule has 0 aliphatic heterocycles. The molecule has 0 aliphatic rings. The van der Waals surface area contributed by atoms with E-state index in [1.165, 1.54) is 19.0 Å². The Bertz CT molecular complexity index is 592. The number of methoxy groups -OCH3 is 1. The van der Waals surface area contributed by atoms with Crippen LogP contribution in [0.1, 0.15) is 42.5 Å². The van der Waals surface area contributed by atoms with Crippen LogP contribution in [0.15, 0.2) is 30.6 Å². The molecule has 1 aromatic heterocycles. The second-order valence-corrected chi connectivity index (χ2v) is 4.77. The molecule has 6 nitrogen and oxygen atoms in total. The second-order valence-electron chi connectivity index (χ2n) is 4.77. The van der Waals surface area contributed by atoms with E-state index < -0.39 is 5.97 Å². The fourth-order valence-electron chi connectivity index (χ4n) is 1.97. The van der Waals surface area contributed by atoms with E-state index in [-0.39, 0.29) is 5.82 Å². The molecular formula is C15H20N4O2. The summed E-state index contributed by atoms with van der Waals surface area (Å²) in [5.41, 5.74) is 2.06. The van der Waals surface area contributed by atoms with Crippen molar-refractivity contribution in [2.75, 3.05) is 13.7 Å². The maximum Gasteiger partial charge on any atom is 0.377 e. The van der Waals surface area contributed by atoms with Gasteiger partial charge in [-0.1, -0.05) is 19.1 Å². The average molecular weight is 288 g/mol. The summed E-state index contributed by atoms with van der Waals surface area (Å²) in [7, 11) is 1.31. The van der Waals surface area contributed by atoms with Crippen molar-refractivity contribution < 1.29 is 9.53 Å². The normalized spacial score (nSPS) is 12.1. The topological polar surface area (TPSA) is 69.0 Å². The molecule has 21 heavy (non-hydrogen) atoms. The van der Waals surface area contributed by atoms with Crippen molar-refractivity contribution in [1.82, 2.24) is 20.1 Å². The van der Waals surface area contributed by atoms with Crippen LogP contribution in [0, 0.1) is 0 Å². The molecule has 0 saturated heterocycles. The Morgan fingerprint density at radius 1 is 1.38 bits per heavy atom. The van der Waals surface area contributed by atoms with Crippen LogP contribution in [0.4, 0.5) is 0 Å². The van der Waals surface area contributed by atoms with Gasteiger partial charge in [0.05, 0.1) is 12.8 Å². The lowest BCUT2D eigenvalue weighted by atomic mass is 10.1. The first-order valence-corrected chi connectivity index (χ1v) is 6.99. The van der Waals surface area contributed by atoms with Gasteiger partial charge in [0.15, 0.2) is 0 Å². The molecule has 1 heterocycles. The van der Waals surface area contributed by atoms with E-state index in [1.807, 2.05) is 24.3 Å². The molecule has 0 saturated carbocycles. The van der Waals surface area contributed by atoms with Crippen molar-refractivity contribution in [2.24, 2.45) is 0 Å². The zero-order valence-electron chi connectivity index (χ0n) is 12.5. The van der Waals surface area contributed by atoms with Gasteiger partial charge in [0.2, 0.25) is 0 Å². The van der Waals surface area contributed by atoms with Crippen LogP contribution in [0.25, 0.3) is 5.69 Å². The Hall–Kier alpha value is -2.21. The van der Waals surface area contributed by atoms with Crippen molar-refractivity contribution in [2.45, 2.75) is 26.3 Å². The Kier molecular flexibility index (Phi) is 5.05. The standard InChI is InChI=1S/C15H20N4O2/c1-4-9-16-11(2)12-5-7-13(8-6-12)19-10-17-14(18-19)15(20)21-3/h5-8,10-11,16H,4,9H2,1-3H3. The SMILES string of the molecule is CCCNC(C)c1ccc(-n2cnc(C(=O)OC)n2)cc1. The zero-order valence-corrected chi connectivity index (χ0v) is 12.5. The molecule has 0 amide bonds. The van der Waals surface area contributed by atoms with E-state index in [9.17, 15) is 4.79 Å². The minimum atomic E-state index is -0.539. The monoisotopic (exact) mass is 288 g/mol. The van der Waals surface area contributed by atoms with Crippen LogP contribution < -0.4 is 5.32 Å². The molecule has 1 N–H and O–H groups in total. The van der Waals surface area contributed by atoms with Gasteiger partial charge in [0.25, 0.3) is 5.82 Å². The van der Waals surface area contributed by atoms with E-state index in [1.54, 1.807) is 4.68 Å². The lowest BCUT2D eigenvalue weighted by molar-refractivity contribution is 0.0587. The third-order valence-corrected chi connectivity index (χ3v) is 3.22. The van der Waals surface area contributed by atoms with Crippen LogP contribution in [0.3, 0.4) is 0 Å². The highest BCUT2D eigenvalue weighted by atomic mass is 16.5.